The van der Waals surface area contributed by atoms with Crippen molar-refractivity contribution in [2.24, 2.45) is 0 Å². The molecule has 132 valence electrons. The van der Waals surface area contributed by atoms with Gasteiger partial charge < -0.3 is 5.32 Å². The second-order valence-corrected chi connectivity index (χ2v) is 7.32. The predicted octanol–water partition coefficient (Wildman–Crippen LogP) is 3.01. The van der Waals surface area contributed by atoms with E-state index in [0.717, 1.165) is 50.4 Å². The van der Waals surface area contributed by atoms with Crippen LogP contribution in [0.5, 0.6) is 0 Å². The van der Waals surface area contributed by atoms with Crippen LogP contribution in [-0.2, 0) is 23.3 Å². The van der Waals surface area contributed by atoms with Gasteiger partial charge in [0.15, 0.2) is 0 Å². The van der Waals surface area contributed by atoms with Crippen LogP contribution in [0.3, 0.4) is 0 Å². The van der Waals surface area contributed by atoms with Gasteiger partial charge in [-0.1, -0.05) is 18.2 Å². The van der Waals surface area contributed by atoms with Crippen LogP contribution in [0.1, 0.15) is 42.3 Å². The zero-order valence-corrected chi connectivity index (χ0v) is 15.3. The molecule has 2 aliphatic rings. The van der Waals surface area contributed by atoms with E-state index in [2.05, 4.69) is 46.8 Å². The summed E-state index contributed by atoms with van der Waals surface area (Å²) in [5.41, 5.74) is 5.59. The van der Waals surface area contributed by atoms with Crippen molar-refractivity contribution in [1.82, 2.24) is 14.7 Å². The number of para-hydroxylation sites is 1. The van der Waals surface area contributed by atoms with Crippen molar-refractivity contribution in [2.75, 3.05) is 18.4 Å². The number of aryl methyl sites for hydroxylation is 2. The lowest BCUT2D eigenvalue weighted by molar-refractivity contribution is -0.122. The van der Waals surface area contributed by atoms with E-state index in [0.29, 0.717) is 0 Å². The Kier molecular flexibility index (Phi) is 3.91. The highest BCUT2D eigenvalue weighted by atomic mass is 16.2. The highest BCUT2D eigenvalue weighted by Crippen LogP contribution is 2.44. The van der Waals surface area contributed by atoms with E-state index in [4.69, 9.17) is 0 Å². The van der Waals surface area contributed by atoms with E-state index in [1.54, 1.807) is 0 Å². The van der Waals surface area contributed by atoms with Crippen LogP contribution >= 0.6 is 0 Å². The molecule has 1 aromatic heterocycles. The van der Waals surface area contributed by atoms with E-state index in [1.165, 1.54) is 16.8 Å². The Morgan fingerprint density at radius 3 is 2.60 bits per heavy atom. The van der Waals surface area contributed by atoms with Crippen molar-refractivity contribution in [3.8, 4) is 0 Å². The minimum Gasteiger partial charge on any atom is -0.325 e. The van der Waals surface area contributed by atoms with Crippen molar-refractivity contribution in [3.05, 3.63) is 46.8 Å². The number of amides is 1. The molecule has 4 rings (SSSR count). The van der Waals surface area contributed by atoms with E-state index in [9.17, 15) is 4.79 Å². The number of piperidine rings is 1. The molecule has 25 heavy (non-hydrogen) atoms. The summed E-state index contributed by atoms with van der Waals surface area (Å²) in [7, 11) is 0. The molecule has 0 saturated carbocycles. The SMILES string of the molecule is CCn1nc(C)c(CN2CCC3(CC2)C(=O)Nc2ccccc23)c1C. The molecule has 3 heterocycles. The fourth-order valence-electron chi connectivity index (χ4n) is 4.46. The minimum atomic E-state index is -0.329. The highest BCUT2D eigenvalue weighted by Gasteiger charge is 2.48. The number of nitrogens with one attached hydrogen (secondary N) is 1. The van der Waals surface area contributed by atoms with Gasteiger partial charge in [-0.25, -0.2) is 0 Å². The maximum Gasteiger partial charge on any atom is 0.235 e. The van der Waals surface area contributed by atoms with Crippen LogP contribution in [0.25, 0.3) is 0 Å². The molecule has 0 atom stereocenters. The van der Waals surface area contributed by atoms with E-state index in [-0.39, 0.29) is 11.3 Å². The van der Waals surface area contributed by atoms with Gasteiger partial charge in [-0.3, -0.25) is 14.4 Å². The molecule has 2 aliphatic heterocycles. The van der Waals surface area contributed by atoms with Crippen molar-refractivity contribution in [2.45, 2.75) is 52.1 Å². The largest absolute Gasteiger partial charge is 0.325 e. The molecule has 5 nitrogen and oxygen atoms in total. The number of carbonyl (C=O) groups excluding carboxylic acids is 1. The summed E-state index contributed by atoms with van der Waals surface area (Å²) in [5.74, 6) is 0.180. The first kappa shape index (κ1) is 16.3. The molecule has 0 unspecified atom stereocenters. The highest BCUT2D eigenvalue weighted by molar-refractivity contribution is 6.06. The summed E-state index contributed by atoms with van der Waals surface area (Å²) in [5, 5.41) is 7.71. The molecule has 0 radical (unpaired) electrons. The third-order valence-electron chi connectivity index (χ3n) is 6.05. The molecular weight excluding hydrogens is 312 g/mol. The number of hydrogen-bond donors (Lipinski definition) is 1. The number of rotatable bonds is 3. The molecule has 1 spiro atoms. The number of likely N-dealkylation sites (tertiary alicyclic amines) is 1. The Labute approximate surface area is 149 Å². The first-order chi connectivity index (χ1) is 12.0. The predicted molar refractivity (Wildman–Crippen MR) is 98.6 cm³/mol. The minimum absolute atomic E-state index is 0.180. The number of carbonyl (C=O) groups is 1. The normalized spacial score (nSPS) is 19.2. The standard InChI is InChI=1S/C20H26N4O/c1-4-24-15(3)16(14(2)22-24)13-23-11-9-20(10-12-23)17-7-5-6-8-18(17)21-19(20)25/h5-8H,4,9-13H2,1-3H3,(H,21,25). The Balaban J connectivity index is 1.51. The number of hydrogen-bond acceptors (Lipinski definition) is 3. The van der Waals surface area contributed by atoms with Gasteiger partial charge in [-0.15, -0.1) is 0 Å². The van der Waals surface area contributed by atoms with E-state index in [1.807, 2.05) is 18.2 Å². The zero-order chi connectivity index (χ0) is 17.6. The molecule has 1 amide bonds. The monoisotopic (exact) mass is 338 g/mol. The van der Waals surface area contributed by atoms with Crippen molar-refractivity contribution in [1.29, 1.82) is 0 Å². The molecule has 0 aliphatic carbocycles. The quantitative estimate of drug-likeness (QED) is 0.936. The van der Waals surface area contributed by atoms with E-state index < -0.39 is 0 Å². The number of aromatic nitrogens is 2. The van der Waals surface area contributed by atoms with Gasteiger partial charge in [0.1, 0.15) is 0 Å². The lowest BCUT2D eigenvalue weighted by atomic mass is 9.73. The summed E-state index contributed by atoms with van der Waals surface area (Å²) < 4.78 is 2.08. The molecule has 1 saturated heterocycles. The molecule has 1 aromatic carbocycles. The summed E-state index contributed by atoms with van der Waals surface area (Å²) in [6.07, 6.45) is 1.77. The average Bonchev–Trinajstić information content (AvgIpc) is 3.05. The third-order valence-corrected chi connectivity index (χ3v) is 6.05. The van der Waals surface area contributed by atoms with Crippen LogP contribution in [0.2, 0.25) is 0 Å². The summed E-state index contributed by atoms with van der Waals surface area (Å²) in [6.45, 7) is 10.1. The Bertz CT molecular complexity index is 815. The zero-order valence-electron chi connectivity index (χ0n) is 15.3. The third kappa shape index (κ3) is 2.49. The van der Waals surface area contributed by atoms with Gasteiger partial charge in [0, 0.05) is 30.0 Å². The smallest absolute Gasteiger partial charge is 0.235 e. The lowest BCUT2D eigenvalue weighted by Gasteiger charge is -2.38. The summed E-state index contributed by atoms with van der Waals surface area (Å²) >= 11 is 0. The lowest BCUT2D eigenvalue weighted by Crippen LogP contribution is -2.46. The molecule has 1 fully saturated rings. The fraction of sp³-hybridized carbons (Fsp3) is 0.500. The van der Waals surface area contributed by atoms with Crippen LogP contribution in [0.15, 0.2) is 24.3 Å². The second-order valence-electron chi connectivity index (χ2n) is 7.32. The second kappa shape index (κ2) is 5.99. The van der Waals surface area contributed by atoms with Crippen molar-refractivity contribution < 1.29 is 4.79 Å². The Hall–Kier alpha value is -2.14. The van der Waals surface area contributed by atoms with Gasteiger partial charge in [0.25, 0.3) is 0 Å². The van der Waals surface area contributed by atoms with Gasteiger partial charge in [0.2, 0.25) is 5.91 Å². The van der Waals surface area contributed by atoms with Crippen LogP contribution < -0.4 is 5.32 Å². The van der Waals surface area contributed by atoms with E-state index >= 15 is 0 Å². The molecule has 0 bridgehead atoms. The molecule has 5 heteroatoms. The first-order valence-electron chi connectivity index (χ1n) is 9.21. The van der Waals surface area contributed by atoms with Gasteiger partial charge in [-0.05, 0) is 58.3 Å². The Morgan fingerprint density at radius 2 is 1.92 bits per heavy atom. The Morgan fingerprint density at radius 1 is 1.20 bits per heavy atom. The van der Waals surface area contributed by atoms with Gasteiger partial charge >= 0.3 is 0 Å². The fourth-order valence-corrected chi connectivity index (χ4v) is 4.46. The average molecular weight is 338 g/mol. The van der Waals surface area contributed by atoms with Crippen molar-refractivity contribution in [3.63, 3.8) is 0 Å². The van der Waals surface area contributed by atoms with Gasteiger partial charge in [0.05, 0.1) is 11.1 Å². The van der Waals surface area contributed by atoms with Crippen LogP contribution in [-0.4, -0.2) is 33.7 Å². The van der Waals surface area contributed by atoms with Crippen molar-refractivity contribution >= 4 is 11.6 Å². The molecule has 2 aromatic rings. The number of benzene rings is 1. The number of nitrogens with zero attached hydrogens (tertiary/aromatic N) is 3. The number of anilines is 1. The van der Waals surface area contributed by atoms with Crippen LogP contribution in [0, 0.1) is 13.8 Å². The maximum absolute atomic E-state index is 12.7. The summed E-state index contributed by atoms with van der Waals surface area (Å²) in [6, 6.07) is 8.16. The van der Waals surface area contributed by atoms with Gasteiger partial charge in [-0.2, -0.15) is 5.10 Å². The topological polar surface area (TPSA) is 50.2 Å². The van der Waals surface area contributed by atoms with Crippen LogP contribution in [0.4, 0.5) is 5.69 Å². The summed E-state index contributed by atoms with van der Waals surface area (Å²) in [4.78, 5) is 15.1. The maximum atomic E-state index is 12.7. The number of fused-ring (bicyclic) bond motifs is 2. The molecule has 1 N–H and O–H groups in total. The molecular formula is C20H26N4O. The first-order valence-corrected chi connectivity index (χ1v) is 9.21.